The van der Waals surface area contributed by atoms with Gasteiger partial charge in [0.15, 0.2) is 0 Å². The fourth-order valence-electron chi connectivity index (χ4n) is 1.68. The number of hydrogen-bond donors (Lipinski definition) is 2. The fourth-order valence-corrected chi connectivity index (χ4v) is 1.68. The number of carbonyl (C=O) groups excluding carboxylic acids is 1. The van der Waals surface area contributed by atoms with Crippen LogP contribution < -0.4 is 0 Å². The molecule has 3 heteroatoms. The van der Waals surface area contributed by atoms with Crippen LogP contribution in [0.15, 0.2) is 48.8 Å². The molecule has 0 bridgehead atoms. The Balaban J connectivity index is 0.00000106. The SMILES string of the molecule is C=CCC1=CC(O)(CC=C)CC(O)=C1.C=O. The molecule has 1 unspecified atom stereocenters. The first-order chi connectivity index (χ1) is 7.59. The highest BCUT2D eigenvalue weighted by atomic mass is 16.3. The van der Waals surface area contributed by atoms with Crippen LogP contribution in [-0.4, -0.2) is 22.6 Å². The minimum Gasteiger partial charge on any atom is -0.512 e. The second-order valence-corrected chi connectivity index (χ2v) is 3.62. The first-order valence-electron chi connectivity index (χ1n) is 4.94. The van der Waals surface area contributed by atoms with E-state index < -0.39 is 5.60 Å². The second-order valence-electron chi connectivity index (χ2n) is 3.62. The number of aliphatic hydroxyl groups excluding tert-OH is 1. The van der Waals surface area contributed by atoms with Gasteiger partial charge in [-0.05, 0) is 30.6 Å². The molecule has 3 nitrogen and oxygen atoms in total. The van der Waals surface area contributed by atoms with Crippen LogP contribution in [0.1, 0.15) is 19.3 Å². The summed E-state index contributed by atoms with van der Waals surface area (Å²) in [7, 11) is 0. The van der Waals surface area contributed by atoms with Gasteiger partial charge in [-0.3, -0.25) is 0 Å². The quantitative estimate of drug-likeness (QED) is 0.718. The smallest absolute Gasteiger partial charge is 0.106 e. The average molecular weight is 222 g/mol. The lowest BCUT2D eigenvalue weighted by Crippen LogP contribution is -2.28. The average Bonchev–Trinajstić information content (AvgIpc) is 2.19. The van der Waals surface area contributed by atoms with E-state index in [1.165, 1.54) is 0 Å². The van der Waals surface area contributed by atoms with Crippen LogP contribution in [0.5, 0.6) is 0 Å². The van der Waals surface area contributed by atoms with E-state index in [1.54, 1.807) is 24.3 Å². The Morgan fingerprint density at radius 2 is 2.00 bits per heavy atom. The van der Waals surface area contributed by atoms with E-state index in [2.05, 4.69) is 13.2 Å². The molecule has 1 aliphatic carbocycles. The number of aliphatic hydroxyl groups is 2. The fraction of sp³-hybridized carbons (Fsp3) is 0.308. The Bertz CT molecular complexity index is 315. The van der Waals surface area contributed by atoms with Crippen molar-refractivity contribution in [2.75, 3.05) is 0 Å². The van der Waals surface area contributed by atoms with E-state index in [4.69, 9.17) is 4.79 Å². The van der Waals surface area contributed by atoms with Gasteiger partial charge in [0, 0.05) is 6.42 Å². The molecule has 0 saturated carbocycles. The number of allylic oxidation sites excluding steroid dienone is 3. The van der Waals surface area contributed by atoms with Gasteiger partial charge < -0.3 is 15.0 Å². The molecule has 1 atom stereocenters. The highest BCUT2D eigenvalue weighted by molar-refractivity contribution is 5.32. The van der Waals surface area contributed by atoms with Crippen molar-refractivity contribution in [2.24, 2.45) is 0 Å². The Morgan fingerprint density at radius 3 is 2.50 bits per heavy atom. The maximum atomic E-state index is 10.1. The van der Waals surface area contributed by atoms with Crippen LogP contribution in [0, 0.1) is 0 Å². The van der Waals surface area contributed by atoms with Crippen molar-refractivity contribution in [3.05, 3.63) is 48.8 Å². The molecule has 0 aromatic rings. The first kappa shape index (κ1) is 14.4. The summed E-state index contributed by atoms with van der Waals surface area (Å²) in [6, 6.07) is 0. The van der Waals surface area contributed by atoms with Gasteiger partial charge in [-0.2, -0.15) is 0 Å². The molecular weight excluding hydrogens is 204 g/mol. The number of hydrogen-bond acceptors (Lipinski definition) is 3. The maximum Gasteiger partial charge on any atom is 0.106 e. The van der Waals surface area contributed by atoms with Gasteiger partial charge in [0.1, 0.15) is 6.79 Å². The highest BCUT2D eigenvalue weighted by Crippen LogP contribution is 2.29. The van der Waals surface area contributed by atoms with Gasteiger partial charge in [0.2, 0.25) is 0 Å². The largest absolute Gasteiger partial charge is 0.512 e. The lowest BCUT2D eigenvalue weighted by molar-refractivity contribution is -0.0979. The Hall–Kier alpha value is -1.61. The summed E-state index contributed by atoms with van der Waals surface area (Å²) in [5.74, 6) is 0.216. The highest BCUT2D eigenvalue weighted by Gasteiger charge is 2.27. The second kappa shape index (κ2) is 6.80. The third-order valence-corrected chi connectivity index (χ3v) is 2.17. The molecule has 0 saturated heterocycles. The minimum atomic E-state index is -0.973. The summed E-state index contributed by atoms with van der Waals surface area (Å²) in [5, 5.41) is 19.5. The third-order valence-electron chi connectivity index (χ3n) is 2.17. The molecule has 2 N–H and O–H groups in total. The molecule has 16 heavy (non-hydrogen) atoms. The minimum absolute atomic E-state index is 0.216. The standard InChI is InChI=1S/C12H16O2.CH2O/c1-3-5-10-7-11(13)9-12(14,8-10)6-4-2;1-2/h3-4,7-8,13-14H,1-2,5-6,9H2;1H2. The molecule has 0 aromatic carbocycles. The van der Waals surface area contributed by atoms with Crippen LogP contribution in [0.3, 0.4) is 0 Å². The van der Waals surface area contributed by atoms with Crippen LogP contribution in [0.2, 0.25) is 0 Å². The van der Waals surface area contributed by atoms with Gasteiger partial charge in [-0.15, -0.1) is 13.2 Å². The van der Waals surface area contributed by atoms with E-state index in [0.717, 1.165) is 5.57 Å². The lowest BCUT2D eigenvalue weighted by Gasteiger charge is -2.27. The van der Waals surface area contributed by atoms with E-state index in [-0.39, 0.29) is 12.2 Å². The predicted molar refractivity (Wildman–Crippen MR) is 65.1 cm³/mol. The molecule has 0 spiro atoms. The van der Waals surface area contributed by atoms with Gasteiger partial charge >= 0.3 is 0 Å². The van der Waals surface area contributed by atoms with Crippen molar-refractivity contribution < 1.29 is 15.0 Å². The predicted octanol–water partition coefficient (Wildman–Crippen LogP) is 2.46. The summed E-state index contributed by atoms with van der Waals surface area (Å²) >= 11 is 0. The molecule has 1 rings (SSSR count). The molecule has 0 amide bonds. The van der Waals surface area contributed by atoms with Gasteiger partial charge in [-0.25, -0.2) is 0 Å². The lowest BCUT2D eigenvalue weighted by atomic mass is 9.87. The van der Waals surface area contributed by atoms with Crippen molar-refractivity contribution in [3.63, 3.8) is 0 Å². The van der Waals surface area contributed by atoms with Crippen molar-refractivity contribution in [2.45, 2.75) is 24.9 Å². The normalized spacial score (nSPS) is 23.3. The Labute approximate surface area is 96.1 Å². The molecule has 0 aliphatic heterocycles. The topological polar surface area (TPSA) is 57.5 Å². The Kier molecular flexibility index (Phi) is 6.11. The first-order valence-corrected chi connectivity index (χ1v) is 4.94. The van der Waals surface area contributed by atoms with E-state index in [0.29, 0.717) is 12.8 Å². The molecule has 0 fully saturated rings. The van der Waals surface area contributed by atoms with E-state index in [9.17, 15) is 10.2 Å². The summed E-state index contributed by atoms with van der Waals surface area (Å²) in [5.41, 5.74) is -0.0769. The van der Waals surface area contributed by atoms with Gasteiger partial charge in [0.05, 0.1) is 11.4 Å². The molecule has 1 aliphatic rings. The van der Waals surface area contributed by atoms with Gasteiger partial charge in [-0.1, -0.05) is 12.2 Å². The molecule has 0 heterocycles. The van der Waals surface area contributed by atoms with Crippen molar-refractivity contribution >= 4 is 6.79 Å². The van der Waals surface area contributed by atoms with Gasteiger partial charge in [0.25, 0.3) is 0 Å². The Morgan fingerprint density at radius 1 is 1.38 bits per heavy atom. The zero-order chi connectivity index (χ0) is 12.6. The van der Waals surface area contributed by atoms with Crippen molar-refractivity contribution in [1.29, 1.82) is 0 Å². The van der Waals surface area contributed by atoms with Crippen LogP contribution in [0.4, 0.5) is 0 Å². The number of carbonyl (C=O) groups is 1. The van der Waals surface area contributed by atoms with Crippen LogP contribution in [-0.2, 0) is 4.79 Å². The molecule has 88 valence electrons. The van der Waals surface area contributed by atoms with Crippen LogP contribution in [0.25, 0.3) is 0 Å². The molecular formula is C13H18O3. The monoisotopic (exact) mass is 222 g/mol. The maximum absolute atomic E-state index is 10.1. The summed E-state index contributed by atoms with van der Waals surface area (Å²) in [4.78, 5) is 8.00. The summed E-state index contributed by atoms with van der Waals surface area (Å²) in [6.07, 6.45) is 8.22. The van der Waals surface area contributed by atoms with Crippen molar-refractivity contribution in [3.8, 4) is 0 Å². The van der Waals surface area contributed by atoms with Crippen molar-refractivity contribution in [1.82, 2.24) is 0 Å². The molecule has 0 radical (unpaired) electrons. The molecule has 0 aromatic heterocycles. The summed E-state index contributed by atoms with van der Waals surface area (Å²) in [6.45, 7) is 9.21. The number of rotatable bonds is 4. The summed E-state index contributed by atoms with van der Waals surface area (Å²) < 4.78 is 0. The van der Waals surface area contributed by atoms with E-state index in [1.807, 2.05) is 6.79 Å². The zero-order valence-electron chi connectivity index (χ0n) is 9.35. The van der Waals surface area contributed by atoms with E-state index >= 15 is 0 Å². The third kappa shape index (κ3) is 4.28. The van der Waals surface area contributed by atoms with Crippen LogP contribution >= 0.6 is 0 Å². The zero-order valence-corrected chi connectivity index (χ0v) is 9.35.